The van der Waals surface area contributed by atoms with Gasteiger partial charge in [0.15, 0.2) is 0 Å². The molecule has 1 aliphatic rings. The molecule has 1 saturated heterocycles. The van der Waals surface area contributed by atoms with E-state index >= 15 is 0 Å². The zero-order chi connectivity index (χ0) is 16.4. The maximum Gasteiger partial charge on any atom is 0.135 e. The van der Waals surface area contributed by atoms with Gasteiger partial charge in [0.05, 0.1) is 0 Å². The van der Waals surface area contributed by atoms with Gasteiger partial charge in [-0.25, -0.2) is 4.63 Å². The van der Waals surface area contributed by atoms with Gasteiger partial charge in [-0.05, 0) is 78.0 Å². The minimum Gasteiger partial charge on any atom is -0.299 e. The molecular formula is C18H22N4OS. The smallest absolute Gasteiger partial charge is 0.135 e. The first-order valence-electron chi connectivity index (χ1n) is 8.45. The number of thiophene rings is 1. The highest BCUT2D eigenvalue weighted by Gasteiger charge is 2.13. The Morgan fingerprint density at radius 1 is 1.08 bits per heavy atom. The van der Waals surface area contributed by atoms with E-state index in [2.05, 4.69) is 50.7 Å². The summed E-state index contributed by atoms with van der Waals surface area (Å²) in [5.41, 5.74) is 4.33. The van der Waals surface area contributed by atoms with Crippen LogP contribution in [-0.2, 0) is 19.6 Å². The number of likely N-dealkylation sites (tertiary alicyclic amines) is 1. The Balaban J connectivity index is 1.35. The molecule has 0 saturated carbocycles. The highest BCUT2D eigenvalue weighted by atomic mass is 32.1. The standard InChI is InChI=1S/C18H22N4OS/c1-21(10-14-4-5-17-18(9-14)20-23-19-17)12-16-8-15(13-24-16)11-22-6-2-3-7-22/h4-5,8-9,13H,2-3,6-7,10-12H2,1H3. The number of fused-ring (bicyclic) bond motifs is 1. The van der Waals surface area contributed by atoms with Crippen molar-refractivity contribution >= 4 is 22.4 Å². The second kappa shape index (κ2) is 7.01. The van der Waals surface area contributed by atoms with Gasteiger partial charge in [-0.15, -0.1) is 11.3 Å². The van der Waals surface area contributed by atoms with Crippen LogP contribution < -0.4 is 0 Å². The summed E-state index contributed by atoms with van der Waals surface area (Å²) in [5, 5.41) is 10.1. The van der Waals surface area contributed by atoms with Gasteiger partial charge in [0, 0.05) is 24.5 Å². The van der Waals surface area contributed by atoms with Crippen molar-refractivity contribution in [2.45, 2.75) is 32.5 Å². The van der Waals surface area contributed by atoms with Crippen LogP contribution in [0.4, 0.5) is 0 Å². The third kappa shape index (κ3) is 3.66. The average molecular weight is 342 g/mol. The molecule has 6 heteroatoms. The van der Waals surface area contributed by atoms with E-state index < -0.39 is 0 Å². The van der Waals surface area contributed by atoms with E-state index in [1.165, 1.54) is 41.9 Å². The monoisotopic (exact) mass is 342 g/mol. The van der Waals surface area contributed by atoms with Crippen molar-refractivity contribution in [2.75, 3.05) is 20.1 Å². The van der Waals surface area contributed by atoms with Crippen molar-refractivity contribution in [1.82, 2.24) is 20.1 Å². The topological polar surface area (TPSA) is 45.4 Å². The summed E-state index contributed by atoms with van der Waals surface area (Å²) >= 11 is 1.87. The Kier molecular flexibility index (Phi) is 4.60. The second-order valence-electron chi connectivity index (χ2n) is 6.66. The number of nitrogens with zero attached hydrogens (tertiary/aromatic N) is 4. The van der Waals surface area contributed by atoms with Crippen LogP contribution >= 0.6 is 11.3 Å². The molecule has 24 heavy (non-hydrogen) atoms. The molecule has 3 heterocycles. The summed E-state index contributed by atoms with van der Waals surface area (Å²) in [5.74, 6) is 0. The van der Waals surface area contributed by atoms with E-state index in [1.54, 1.807) is 0 Å². The molecule has 0 amide bonds. The number of hydrogen-bond acceptors (Lipinski definition) is 6. The maximum absolute atomic E-state index is 4.76. The molecule has 0 spiro atoms. The van der Waals surface area contributed by atoms with E-state index in [4.69, 9.17) is 4.63 Å². The van der Waals surface area contributed by atoms with E-state index in [0.29, 0.717) is 0 Å². The van der Waals surface area contributed by atoms with Crippen LogP contribution in [0.25, 0.3) is 11.0 Å². The van der Waals surface area contributed by atoms with Crippen molar-refractivity contribution in [1.29, 1.82) is 0 Å². The van der Waals surface area contributed by atoms with Crippen LogP contribution in [0, 0.1) is 0 Å². The summed E-state index contributed by atoms with van der Waals surface area (Å²) in [6.45, 7) is 5.48. The highest BCUT2D eigenvalue weighted by molar-refractivity contribution is 7.10. The van der Waals surface area contributed by atoms with Crippen LogP contribution in [0.15, 0.2) is 34.3 Å². The molecule has 4 rings (SSSR count). The van der Waals surface area contributed by atoms with Crippen molar-refractivity contribution in [3.05, 3.63) is 45.6 Å². The minimum absolute atomic E-state index is 0.811. The van der Waals surface area contributed by atoms with Crippen LogP contribution in [0.2, 0.25) is 0 Å². The van der Waals surface area contributed by atoms with Gasteiger partial charge in [0.1, 0.15) is 11.0 Å². The largest absolute Gasteiger partial charge is 0.299 e. The number of rotatable bonds is 6. The molecular weight excluding hydrogens is 320 g/mol. The first kappa shape index (κ1) is 15.7. The minimum atomic E-state index is 0.811. The van der Waals surface area contributed by atoms with Crippen molar-refractivity contribution < 1.29 is 4.63 Å². The predicted octanol–water partition coefficient (Wildman–Crippen LogP) is 3.51. The molecule has 2 aromatic heterocycles. The number of aromatic nitrogens is 2. The fraction of sp³-hybridized carbons (Fsp3) is 0.444. The Hall–Kier alpha value is -1.76. The van der Waals surface area contributed by atoms with Gasteiger partial charge in [0.25, 0.3) is 0 Å². The van der Waals surface area contributed by atoms with Gasteiger partial charge >= 0.3 is 0 Å². The average Bonchev–Trinajstić information content (AvgIpc) is 3.29. The van der Waals surface area contributed by atoms with Gasteiger partial charge in [-0.3, -0.25) is 9.80 Å². The Labute approximate surface area is 145 Å². The van der Waals surface area contributed by atoms with Gasteiger partial charge < -0.3 is 0 Å². The third-order valence-electron chi connectivity index (χ3n) is 4.51. The van der Waals surface area contributed by atoms with E-state index in [1.807, 2.05) is 17.4 Å². The molecule has 5 nitrogen and oxygen atoms in total. The molecule has 0 radical (unpaired) electrons. The zero-order valence-electron chi connectivity index (χ0n) is 13.9. The first-order chi connectivity index (χ1) is 11.8. The fourth-order valence-corrected chi connectivity index (χ4v) is 4.31. The summed E-state index contributed by atoms with van der Waals surface area (Å²) < 4.78 is 4.76. The summed E-state index contributed by atoms with van der Waals surface area (Å²) in [6, 6.07) is 8.48. The molecule has 0 N–H and O–H groups in total. The zero-order valence-corrected chi connectivity index (χ0v) is 14.8. The fourth-order valence-electron chi connectivity index (χ4n) is 3.35. The Morgan fingerprint density at radius 2 is 1.92 bits per heavy atom. The van der Waals surface area contributed by atoms with Gasteiger partial charge in [0.2, 0.25) is 0 Å². The molecule has 126 valence electrons. The Bertz CT molecular complexity index is 806. The highest BCUT2D eigenvalue weighted by Crippen LogP contribution is 2.21. The molecule has 1 aliphatic heterocycles. The number of hydrogen-bond donors (Lipinski definition) is 0. The van der Waals surface area contributed by atoms with Crippen molar-refractivity contribution in [3.8, 4) is 0 Å². The van der Waals surface area contributed by atoms with Crippen molar-refractivity contribution in [3.63, 3.8) is 0 Å². The molecule has 0 atom stereocenters. The molecule has 0 unspecified atom stereocenters. The molecule has 1 fully saturated rings. The van der Waals surface area contributed by atoms with Crippen LogP contribution in [0.1, 0.15) is 28.8 Å². The Morgan fingerprint density at radius 3 is 2.79 bits per heavy atom. The maximum atomic E-state index is 4.76. The molecule has 1 aromatic carbocycles. The van der Waals surface area contributed by atoms with Crippen molar-refractivity contribution in [2.24, 2.45) is 0 Å². The van der Waals surface area contributed by atoms with Crippen LogP contribution in [0.3, 0.4) is 0 Å². The molecule has 0 aliphatic carbocycles. The SMILES string of the molecule is CN(Cc1ccc2nonc2c1)Cc1cc(CN2CCCC2)cs1. The lowest BCUT2D eigenvalue weighted by Crippen LogP contribution is -2.18. The molecule has 0 bridgehead atoms. The second-order valence-corrected chi connectivity index (χ2v) is 7.66. The van der Waals surface area contributed by atoms with Gasteiger partial charge in [-0.1, -0.05) is 6.07 Å². The lowest BCUT2D eigenvalue weighted by Gasteiger charge is -2.15. The van der Waals surface area contributed by atoms with E-state index in [0.717, 1.165) is 30.7 Å². The quantitative estimate of drug-likeness (QED) is 0.686. The van der Waals surface area contributed by atoms with Gasteiger partial charge in [-0.2, -0.15) is 0 Å². The molecule has 3 aromatic rings. The van der Waals surface area contributed by atoms with E-state index in [9.17, 15) is 0 Å². The number of benzene rings is 1. The third-order valence-corrected chi connectivity index (χ3v) is 5.48. The lowest BCUT2D eigenvalue weighted by atomic mass is 10.2. The predicted molar refractivity (Wildman–Crippen MR) is 95.8 cm³/mol. The first-order valence-corrected chi connectivity index (χ1v) is 9.32. The van der Waals surface area contributed by atoms with Crippen LogP contribution in [0.5, 0.6) is 0 Å². The summed E-state index contributed by atoms with van der Waals surface area (Å²) in [4.78, 5) is 6.31. The van der Waals surface area contributed by atoms with E-state index in [-0.39, 0.29) is 0 Å². The summed E-state index contributed by atoms with van der Waals surface area (Å²) in [7, 11) is 2.16. The lowest BCUT2D eigenvalue weighted by molar-refractivity contribution is 0.315. The van der Waals surface area contributed by atoms with Crippen LogP contribution in [-0.4, -0.2) is 40.3 Å². The normalized spacial score (nSPS) is 15.8. The summed E-state index contributed by atoms with van der Waals surface area (Å²) in [6.07, 6.45) is 2.70.